The van der Waals surface area contributed by atoms with Crippen LogP contribution in [0.2, 0.25) is 0 Å². The van der Waals surface area contributed by atoms with Crippen LogP contribution in [0.15, 0.2) is 67.4 Å². The SMILES string of the molecule is c1ccc(Cc2cncnc2-n2cccc2)cc1. The molecule has 2 aromatic heterocycles. The lowest BCUT2D eigenvalue weighted by Gasteiger charge is -2.08. The minimum atomic E-state index is 0.842. The van der Waals surface area contributed by atoms with Crippen molar-refractivity contribution in [3.63, 3.8) is 0 Å². The monoisotopic (exact) mass is 235 g/mol. The van der Waals surface area contributed by atoms with Crippen molar-refractivity contribution in [1.29, 1.82) is 0 Å². The van der Waals surface area contributed by atoms with Gasteiger partial charge in [0.2, 0.25) is 0 Å². The fourth-order valence-corrected chi connectivity index (χ4v) is 2.00. The first-order valence-electron chi connectivity index (χ1n) is 5.89. The van der Waals surface area contributed by atoms with Gasteiger partial charge in [0.15, 0.2) is 0 Å². The van der Waals surface area contributed by atoms with Gasteiger partial charge in [-0.1, -0.05) is 30.3 Å². The maximum absolute atomic E-state index is 4.37. The summed E-state index contributed by atoms with van der Waals surface area (Å²) in [5.41, 5.74) is 2.39. The third-order valence-electron chi connectivity index (χ3n) is 2.85. The summed E-state index contributed by atoms with van der Waals surface area (Å²) < 4.78 is 2.01. The predicted octanol–water partition coefficient (Wildman–Crippen LogP) is 2.86. The van der Waals surface area contributed by atoms with Gasteiger partial charge >= 0.3 is 0 Å². The minimum absolute atomic E-state index is 0.842. The summed E-state index contributed by atoms with van der Waals surface area (Å²) in [6.45, 7) is 0. The van der Waals surface area contributed by atoms with Gasteiger partial charge in [-0.2, -0.15) is 0 Å². The third-order valence-corrected chi connectivity index (χ3v) is 2.85. The second-order valence-electron chi connectivity index (χ2n) is 4.12. The average Bonchev–Trinajstić information content (AvgIpc) is 2.94. The van der Waals surface area contributed by atoms with Gasteiger partial charge in [-0.25, -0.2) is 9.97 Å². The smallest absolute Gasteiger partial charge is 0.143 e. The Bertz CT molecular complexity index is 615. The van der Waals surface area contributed by atoms with Gasteiger partial charge < -0.3 is 4.57 Å². The minimum Gasteiger partial charge on any atom is -0.308 e. The fraction of sp³-hybridized carbons (Fsp3) is 0.0667. The van der Waals surface area contributed by atoms with Gasteiger partial charge in [-0.3, -0.25) is 0 Å². The summed E-state index contributed by atoms with van der Waals surface area (Å²) in [7, 11) is 0. The topological polar surface area (TPSA) is 30.7 Å². The summed E-state index contributed by atoms with van der Waals surface area (Å²) in [4.78, 5) is 8.50. The first kappa shape index (κ1) is 10.7. The molecule has 0 fully saturated rings. The lowest BCUT2D eigenvalue weighted by Crippen LogP contribution is -2.02. The molecule has 0 saturated carbocycles. The molecular formula is C15H13N3. The van der Waals surface area contributed by atoms with E-state index in [9.17, 15) is 0 Å². The van der Waals surface area contributed by atoms with E-state index in [1.807, 2.05) is 41.4 Å². The molecule has 0 amide bonds. The lowest BCUT2D eigenvalue weighted by atomic mass is 10.1. The zero-order valence-electron chi connectivity index (χ0n) is 9.90. The molecule has 3 heteroatoms. The lowest BCUT2D eigenvalue weighted by molar-refractivity contribution is 0.938. The number of hydrogen-bond donors (Lipinski definition) is 0. The molecule has 18 heavy (non-hydrogen) atoms. The molecule has 0 aliphatic rings. The van der Waals surface area contributed by atoms with Crippen LogP contribution in [-0.2, 0) is 6.42 Å². The van der Waals surface area contributed by atoms with E-state index in [4.69, 9.17) is 0 Å². The van der Waals surface area contributed by atoms with E-state index in [0.717, 1.165) is 17.8 Å². The quantitative estimate of drug-likeness (QED) is 0.699. The van der Waals surface area contributed by atoms with Gasteiger partial charge in [0.25, 0.3) is 0 Å². The Morgan fingerprint density at radius 2 is 1.72 bits per heavy atom. The van der Waals surface area contributed by atoms with Crippen molar-refractivity contribution >= 4 is 0 Å². The van der Waals surface area contributed by atoms with Crippen LogP contribution < -0.4 is 0 Å². The standard InChI is InChI=1S/C15H13N3/c1-2-6-13(7-3-1)10-14-11-16-12-17-15(14)18-8-4-5-9-18/h1-9,11-12H,10H2. The normalized spacial score (nSPS) is 10.4. The van der Waals surface area contributed by atoms with Crippen molar-refractivity contribution in [1.82, 2.24) is 14.5 Å². The van der Waals surface area contributed by atoms with Crippen molar-refractivity contribution in [2.75, 3.05) is 0 Å². The Kier molecular flexibility index (Phi) is 2.88. The van der Waals surface area contributed by atoms with Gasteiger partial charge in [-0.15, -0.1) is 0 Å². The maximum atomic E-state index is 4.37. The largest absolute Gasteiger partial charge is 0.308 e. The van der Waals surface area contributed by atoms with Crippen LogP contribution >= 0.6 is 0 Å². The number of hydrogen-bond acceptors (Lipinski definition) is 2. The molecule has 3 aromatic rings. The van der Waals surface area contributed by atoms with Gasteiger partial charge in [-0.05, 0) is 17.7 Å². The zero-order valence-corrected chi connectivity index (χ0v) is 9.90. The maximum Gasteiger partial charge on any atom is 0.143 e. The van der Waals surface area contributed by atoms with Crippen LogP contribution in [0.3, 0.4) is 0 Å². The molecule has 3 nitrogen and oxygen atoms in total. The highest BCUT2D eigenvalue weighted by molar-refractivity contribution is 5.36. The predicted molar refractivity (Wildman–Crippen MR) is 70.6 cm³/mol. The van der Waals surface area contributed by atoms with Crippen molar-refractivity contribution in [3.8, 4) is 5.82 Å². The van der Waals surface area contributed by atoms with Gasteiger partial charge in [0.1, 0.15) is 12.1 Å². The second kappa shape index (κ2) is 4.84. The first-order chi connectivity index (χ1) is 8.93. The van der Waals surface area contributed by atoms with Crippen LogP contribution in [-0.4, -0.2) is 14.5 Å². The molecule has 0 spiro atoms. The molecule has 0 unspecified atom stereocenters. The average molecular weight is 235 g/mol. The fourth-order valence-electron chi connectivity index (χ4n) is 2.00. The van der Waals surface area contributed by atoms with E-state index < -0.39 is 0 Å². The molecule has 0 atom stereocenters. The summed E-state index contributed by atoms with van der Waals surface area (Å²) in [6, 6.07) is 14.3. The number of aromatic nitrogens is 3. The molecule has 2 heterocycles. The summed E-state index contributed by atoms with van der Waals surface area (Å²) in [5, 5.41) is 0. The van der Waals surface area contributed by atoms with E-state index >= 15 is 0 Å². The molecule has 0 aliphatic carbocycles. The van der Waals surface area contributed by atoms with Gasteiger partial charge in [0, 0.05) is 30.6 Å². The van der Waals surface area contributed by atoms with E-state index in [0.29, 0.717) is 0 Å². The molecule has 3 rings (SSSR count). The van der Waals surface area contributed by atoms with Crippen molar-refractivity contribution in [2.45, 2.75) is 6.42 Å². The second-order valence-corrected chi connectivity index (χ2v) is 4.12. The van der Waals surface area contributed by atoms with Crippen molar-refractivity contribution < 1.29 is 0 Å². The first-order valence-corrected chi connectivity index (χ1v) is 5.89. The van der Waals surface area contributed by atoms with Crippen LogP contribution in [0.5, 0.6) is 0 Å². The number of rotatable bonds is 3. The van der Waals surface area contributed by atoms with Crippen LogP contribution in [0.4, 0.5) is 0 Å². The zero-order chi connectivity index (χ0) is 12.2. The summed E-state index contributed by atoms with van der Waals surface area (Å²) >= 11 is 0. The van der Waals surface area contributed by atoms with E-state index in [-0.39, 0.29) is 0 Å². The Morgan fingerprint density at radius 3 is 2.50 bits per heavy atom. The molecule has 0 bridgehead atoms. The Morgan fingerprint density at radius 1 is 0.944 bits per heavy atom. The number of benzene rings is 1. The molecule has 0 saturated heterocycles. The van der Waals surface area contributed by atoms with Crippen molar-refractivity contribution in [3.05, 3.63) is 78.5 Å². The van der Waals surface area contributed by atoms with Crippen LogP contribution in [0.25, 0.3) is 5.82 Å². The third kappa shape index (κ3) is 2.15. The highest BCUT2D eigenvalue weighted by Gasteiger charge is 2.06. The molecule has 1 aromatic carbocycles. The van der Waals surface area contributed by atoms with E-state index in [1.54, 1.807) is 6.33 Å². The van der Waals surface area contributed by atoms with E-state index in [1.165, 1.54) is 5.56 Å². The molecule has 0 N–H and O–H groups in total. The Hall–Kier alpha value is -2.42. The van der Waals surface area contributed by atoms with Crippen molar-refractivity contribution in [2.24, 2.45) is 0 Å². The molecule has 88 valence electrons. The van der Waals surface area contributed by atoms with Crippen LogP contribution in [0.1, 0.15) is 11.1 Å². The van der Waals surface area contributed by atoms with Crippen LogP contribution in [0, 0.1) is 0 Å². The Labute approximate surface area is 106 Å². The van der Waals surface area contributed by atoms with Gasteiger partial charge in [0.05, 0.1) is 0 Å². The Balaban J connectivity index is 1.98. The molecule has 0 aliphatic heterocycles. The molecule has 0 radical (unpaired) electrons. The summed E-state index contributed by atoms with van der Waals surface area (Å²) in [6.07, 6.45) is 8.31. The molecular weight excluding hydrogens is 222 g/mol. The summed E-state index contributed by atoms with van der Waals surface area (Å²) in [5.74, 6) is 0.943. The van der Waals surface area contributed by atoms with E-state index in [2.05, 4.69) is 34.2 Å². The number of nitrogens with zero attached hydrogens (tertiary/aromatic N) is 3. The highest BCUT2D eigenvalue weighted by atomic mass is 15.1. The highest BCUT2D eigenvalue weighted by Crippen LogP contribution is 2.15.